The van der Waals surface area contributed by atoms with E-state index in [2.05, 4.69) is 15.2 Å². The van der Waals surface area contributed by atoms with E-state index in [4.69, 9.17) is 10.5 Å². The number of carbonyl (C=O) groups excluding carboxylic acids is 2. The maximum Gasteiger partial charge on any atom is 0.274 e. The fourth-order valence-corrected chi connectivity index (χ4v) is 5.27. The van der Waals surface area contributed by atoms with E-state index in [0.29, 0.717) is 36.8 Å². The highest BCUT2D eigenvalue weighted by molar-refractivity contribution is 6.05. The standard InChI is InChI=1S/C21H27N5O3/c22-19(28)20(26-9-3-5-13-4-1-2-6-17(13)26)29-15-8-7-14-11-25-12-18(27)24-21(25)23-16(14)10-15/h7-8,10,13,17,20H,1-6,9,11-12H2,(H2,22,28)(H,23,24,27). The molecule has 3 unspecified atom stereocenters. The molecular weight excluding hydrogens is 370 g/mol. The third-order valence-corrected chi connectivity index (χ3v) is 6.61. The van der Waals surface area contributed by atoms with Crippen LogP contribution in [0.1, 0.15) is 44.1 Å². The lowest BCUT2D eigenvalue weighted by Gasteiger charge is -2.46. The first-order valence-electron chi connectivity index (χ1n) is 10.6. The third kappa shape index (κ3) is 3.46. The Hall–Kier alpha value is -2.61. The number of guanidine groups is 1. The molecular formula is C21H27N5O3. The molecule has 0 spiro atoms. The van der Waals surface area contributed by atoms with Crippen LogP contribution in [0, 0.1) is 5.92 Å². The zero-order valence-corrected chi connectivity index (χ0v) is 16.5. The number of ether oxygens (including phenoxy) is 1. The van der Waals surface area contributed by atoms with Crippen LogP contribution < -0.4 is 15.8 Å². The van der Waals surface area contributed by atoms with E-state index in [9.17, 15) is 9.59 Å². The highest BCUT2D eigenvalue weighted by atomic mass is 16.5. The molecule has 154 valence electrons. The van der Waals surface area contributed by atoms with E-state index < -0.39 is 12.1 Å². The van der Waals surface area contributed by atoms with Gasteiger partial charge in [-0.1, -0.05) is 18.9 Å². The summed E-state index contributed by atoms with van der Waals surface area (Å²) in [5, 5.41) is 2.77. The number of benzene rings is 1. The highest BCUT2D eigenvalue weighted by Crippen LogP contribution is 2.37. The molecule has 2 saturated heterocycles. The maximum absolute atomic E-state index is 12.3. The van der Waals surface area contributed by atoms with Gasteiger partial charge in [0, 0.05) is 25.2 Å². The van der Waals surface area contributed by atoms with Gasteiger partial charge in [0.15, 0.2) is 0 Å². The van der Waals surface area contributed by atoms with Crippen LogP contribution in [0.4, 0.5) is 5.69 Å². The Morgan fingerprint density at radius 3 is 2.90 bits per heavy atom. The molecule has 1 aromatic carbocycles. The fraction of sp³-hybridized carbons (Fsp3) is 0.571. The molecule has 3 heterocycles. The van der Waals surface area contributed by atoms with Gasteiger partial charge >= 0.3 is 0 Å². The molecule has 3 N–H and O–H groups in total. The van der Waals surface area contributed by atoms with Gasteiger partial charge in [-0.25, -0.2) is 4.99 Å². The number of piperidine rings is 1. The SMILES string of the molecule is NC(=O)C(Oc1ccc2c(c1)N=C1NC(=O)CN1C2)N1CCCC2CCCCC21. The van der Waals surface area contributed by atoms with E-state index in [1.807, 2.05) is 23.1 Å². The van der Waals surface area contributed by atoms with Gasteiger partial charge in [-0.15, -0.1) is 0 Å². The lowest BCUT2D eigenvalue weighted by atomic mass is 9.78. The van der Waals surface area contributed by atoms with Crippen molar-refractivity contribution in [2.75, 3.05) is 13.1 Å². The second-order valence-corrected chi connectivity index (χ2v) is 8.49. The summed E-state index contributed by atoms with van der Waals surface area (Å²) < 4.78 is 6.14. The van der Waals surface area contributed by atoms with Gasteiger partial charge in [-0.05, 0) is 43.2 Å². The van der Waals surface area contributed by atoms with Crippen molar-refractivity contribution in [3.05, 3.63) is 23.8 Å². The summed E-state index contributed by atoms with van der Waals surface area (Å²) >= 11 is 0. The van der Waals surface area contributed by atoms with Crippen LogP contribution in [-0.2, 0) is 16.1 Å². The molecule has 3 aliphatic heterocycles. The molecule has 8 nitrogen and oxygen atoms in total. The van der Waals surface area contributed by atoms with Gasteiger partial charge in [0.1, 0.15) is 12.3 Å². The summed E-state index contributed by atoms with van der Waals surface area (Å²) in [5.41, 5.74) is 7.56. The number of nitrogens with two attached hydrogens (primary N) is 1. The zero-order chi connectivity index (χ0) is 20.0. The third-order valence-electron chi connectivity index (χ3n) is 6.61. The van der Waals surface area contributed by atoms with Crippen LogP contribution in [0.25, 0.3) is 0 Å². The Morgan fingerprint density at radius 2 is 2.03 bits per heavy atom. The molecule has 3 fully saturated rings. The minimum Gasteiger partial charge on any atom is -0.466 e. The largest absolute Gasteiger partial charge is 0.466 e. The van der Waals surface area contributed by atoms with E-state index in [0.717, 1.165) is 30.6 Å². The molecule has 1 aromatic rings. The lowest BCUT2D eigenvalue weighted by Crippen LogP contribution is -2.57. The lowest BCUT2D eigenvalue weighted by molar-refractivity contribution is -0.140. The predicted octanol–water partition coefficient (Wildman–Crippen LogP) is 1.46. The highest BCUT2D eigenvalue weighted by Gasteiger charge is 2.40. The van der Waals surface area contributed by atoms with Crippen molar-refractivity contribution in [2.45, 2.75) is 57.3 Å². The Labute approximate surface area is 170 Å². The Bertz CT molecular complexity index is 868. The maximum atomic E-state index is 12.3. The average Bonchev–Trinajstić information content (AvgIpc) is 3.08. The smallest absolute Gasteiger partial charge is 0.274 e. The Kier molecular flexibility index (Phi) is 4.66. The quantitative estimate of drug-likeness (QED) is 0.801. The first kappa shape index (κ1) is 18.4. The van der Waals surface area contributed by atoms with E-state index in [1.165, 1.54) is 25.7 Å². The topological polar surface area (TPSA) is 100 Å². The Balaban J connectivity index is 1.38. The molecule has 0 aromatic heterocycles. The Morgan fingerprint density at radius 1 is 1.21 bits per heavy atom. The fourth-order valence-electron chi connectivity index (χ4n) is 5.27. The number of nitrogens with one attached hydrogen (secondary N) is 1. The van der Waals surface area contributed by atoms with E-state index in [1.54, 1.807) is 0 Å². The molecule has 5 rings (SSSR count). The predicted molar refractivity (Wildman–Crippen MR) is 107 cm³/mol. The number of hydrogen-bond donors (Lipinski definition) is 2. The van der Waals surface area contributed by atoms with Crippen LogP contribution in [0.15, 0.2) is 23.2 Å². The minimum atomic E-state index is -0.766. The van der Waals surface area contributed by atoms with Crippen molar-refractivity contribution in [1.29, 1.82) is 0 Å². The summed E-state index contributed by atoms with van der Waals surface area (Å²) in [6, 6.07) is 6.02. The number of fused-ring (bicyclic) bond motifs is 3. The minimum absolute atomic E-state index is 0.0473. The van der Waals surface area contributed by atoms with Gasteiger partial charge in [-0.3, -0.25) is 19.8 Å². The number of hydrogen-bond acceptors (Lipinski definition) is 6. The zero-order valence-electron chi connectivity index (χ0n) is 16.5. The van der Waals surface area contributed by atoms with Crippen LogP contribution >= 0.6 is 0 Å². The van der Waals surface area contributed by atoms with Crippen molar-refractivity contribution in [2.24, 2.45) is 16.6 Å². The molecule has 8 heteroatoms. The average molecular weight is 397 g/mol. The molecule has 4 aliphatic rings. The van der Waals surface area contributed by atoms with Crippen LogP contribution in [-0.4, -0.2) is 52.9 Å². The van der Waals surface area contributed by atoms with Gasteiger partial charge in [0.05, 0.1) is 5.69 Å². The molecule has 29 heavy (non-hydrogen) atoms. The monoisotopic (exact) mass is 397 g/mol. The summed E-state index contributed by atoms with van der Waals surface area (Å²) in [5.74, 6) is 1.29. The van der Waals surface area contributed by atoms with Crippen molar-refractivity contribution < 1.29 is 14.3 Å². The number of rotatable bonds is 4. The number of amides is 2. The molecule has 0 radical (unpaired) electrons. The normalized spacial score (nSPS) is 27.2. The number of aliphatic imine (C=N–C) groups is 1. The molecule has 1 saturated carbocycles. The second kappa shape index (κ2) is 7.33. The van der Waals surface area contributed by atoms with Gasteiger partial charge in [0.25, 0.3) is 5.91 Å². The number of nitrogens with zero attached hydrogens (tertiary/aromatic N) is 3. The van der Waals surface area contributed by atoms with Gasteiger partial charge in [-0.2, -0.15) is 0 Å². The van der Waals surface area contributed by atoms with Crippen molar-refractivity contribution in [1.82, 2.24) is 15.1 Å². The van der Waals surface area contributed by atoms with Gasteiger partial charge < -0.3 is 15.4 Å². The van der Waals surface area contributed by atoms with Gasteiger partial charge in [0.2, 0.25) is 18.1 Å². The van der Waals surface area contributed by atoms with Crippen molar-refractivity contribution >= 4 is 23.5 Å². The number of likely N-dealkylation sites (tertiary alicyclic amines) is 1. The second-order valence-electron chi connectivity index (χ2n) is 8.49. The molecule has 1 aliphatic carbocycles. The van der Waals surface area contributed by atoms with Crippen molar-refractivity contribution in [3.63, 3.8) is 0 Å². The first-order chi connectivity index (χ1) is 14.1. The van der Waals surface area contributed by atoms with E-state index in [-0.39, 0.29) is 5.91 Å². The molecule has 3 atom stereocenters. The summed E-state index contributed by atoms with van der Waals surface area (Å²) in [7, 11) is 0. The molecule has 0 bridgehead atoms. The summed E-state index contributed by atoms with van der Waals surface area (Å²) in [6.07, 6.45) is 6.33. The number of primary amides is 1. The molecule has 2 amide bonds. The summed E-state index contributed by atoms with van der Waals surface area (Å²) in [6.45, 7) is 1.79. The van der Waals surface area contributed by atoms with E-state index >= 15 is 0 Å². The van der Waals surface area contributed by atoms with Crippen LogP contribution in [0.3, 0.4) is 0 Å². The van der Waals surface area contributed by atoms with Crippen LogP contribution in [0.5, 0.6) is 5.75 Å². The summed E-state index contributed by atoms with van der Waals surface area (Å²) in [4.78, 5) is 32.6. The van der Waals surface area contributed by atoms with Crippen molar-refractivity contribution in [3.8, 4) is 5.75 Å². The number of carbonyl (C=O) groups is 2. The van der Waals surface area contributed by atoms with Crippen LogP contribution in [0.2, 0.25) is 0 Å². The first-order valence-corrected chi connectivity index (χ1v) is 10.6.